The summed E-state index contributed by atoms with van der Waals surface area (Å²) in [6, 6.07) is -0.118. The van der Waals surface area contributed by atoms with E-state index in [4.69, 9.17) is 4.74 Å². The zero-order valence-corrected chi connectivity index (χ0v) is 8.02. The van der Waals surface area contributed by atoms with Crippen molar-refractivity contribution in [2.45, 2.75) is 19.4 Å². The SMILES string of the molecule is CNC(C)C(=O)NCCCOC. The molecule has 4 nitrogen and oxygen atoms in total. The molecule has 0 radical (unpaired) electrons. The number of carbonyl (C=O) groups is 1. The van der Waals surface area contributed by atoms with Crippen molar-refractivity contribution in [3.05, 3.63) is 0 Å². The molecule has 0 saturated carbocycles. The summed E-state index contributed by atoms with van der Waals surface area (Å²) in [6.07, 6.45) is 0.860. The lowest BCUT2D eigenvalue weighted by atomic mass is 10.3. The number of methoxy groups -OCH3 is 1. The van der Waals surface area contributed by atoms with Crippen molar-refractivity contribution in [1.29, 1.82) is 0 Å². The van der Waals surface area contributed by atoms with Gasteiger partial charge >= 0.3 is 0 Å². The highest BCUT2D eigenvalue weighted by Crippen LogP contribution is 1.81. The molecule has 0 aliphatic heterocycles. The molecule has 0 spiro atoms. The Balaban J connectivity index is 3.31. The van der Waals surface area contributed by atoms with E-state index in [1.165, 1.54) is 0 Å². The van der Waals surface area contributed by atoms with Gasteiger partial charge in [0, 0.05) is 20.3 Å². The summed E-state index contributed by atoms with van der Waals surface area (Å²) in [6.45, 7) is 3.19. The molecule has 0 fully saturated rings. The number of nitrogens with one attached hydrogen (secondary N) is 2. The molecule has 0 heterocycles. The molecule has 0 bridgehead atoms. The number of hydrogen-bond donors (Lipinski definition) is 2. The summed E-state index contributed by atoms with van der Waals surface area (Å²) in [4.78, 5) is 11.1. The van der Waals surface area contributed by atoms with Crippen LogP contribution in [0.2, 0.25) is 0 Å². The van der Waals surface area contributed by atoms with E-state index < -0.39 is 0 Å². The third-order valence-electron chi connectivity index (χ3n) is 1.65. The summed E-state index contributed by atoms with van der Waals surface area (Å²) < 4.78 is 4.84. The monoisotopic (exact) mass is 174 g/mol. The third kappa shape index (κ3) is 5.09. The number of carbonyl (C=O) groups excluding carboxylic acids is 1. The average Bonchev–Trinajstić information content (AvgIpc) is 2.10. The number of amides is 1. The van der Waals surface area contributed by atoms with Gasteiger partial charge in [0.05, 0.1) is 6.04 Å². The lowest BCUT2D eigenvalue weighted by Gasteiger charge is -2.10. The van der Waals surface area contributed by atoms with Crippen LogP contribution in [0, 0.1) is 0 Å². The van der Waals surface area contributed by atoms with Gasteiger partial charge < -0.3 is 15.4 Å². The van der Waals surface area contributed by atoms with E-state index >= 15 is 0 Å². The van der Waals surface area contributed by atoms with E-state index in [0.29, 0.717) is 13.2 Å². The maximum Gasteiger partial charge on any atom is 0.236 e. The minimum atomic E-state index is -0.118. The fraction of sp³-hybridized carbons (Fsp3) is 0.875. The van der Waals surface area contributed by atoms with Crippen LogP contribution in [0.3, 0.4) is 0 Å². The van der Waals surface area contributed by atoms with Gasteiger partial charge in [-0.3, -0.25) is 4.79 Å². The van der Waals surface area contributed by atoms with Gasteiger partial charge in [-0.2, -0.15) is 0 Å². The molecule has 0 aliphatic carbocycles. The summed E-state index contributed by atoms with van der Waals surface area (Å²) in [5.74, 6) is 0.0357. The van der Waals surface area contributed by atoms with Crippen LogP contribution < -0.4 is 10.6 Å². The summed E-state index contributed by atoms with van der Waals surface area (Å²) in [5.41, 5.74) is 0. The van der Waals surface area contributed by atoms with Crippen LogP contribution in [0.4, 0.5) is 0 Å². The van der Waals surface area contributed by atoms with Crippen LogP contribution in [0.1, 0.15) is 13.3 Å². The number of likely N-dealkylation sites (N-methyl/N-ethyl adjacent to an activating group) is 1. The van der Waals surface area contributed by atoms with E-state index in [1.807, 2.05) is 6.92 Å². The van der Waals surface area contributed by atoms with Crippen LogP contribution >= 0.6 is 0 Å². The first kappa shape index (κ1) is 11.4. The highest BCUT2D eigenvalue weighted by molar-refractivity contribution is 5.81. The highest BCUT2D eigenvalue weighted by atomic mass is 16.5. The zero-order valence-electron chi connectivity index (χ0n) is 8.02. The number of hydrogen-bond acceptors (Lipinski definition) is 3. The summed E-state index contributed by atoms with van der Waals surface area (Å²) in [7, 11) is 3.41. The van der Waals surface area contributed by atoms with E-state index in [-0.39, 0.29) is 11.9 Å². The minimum absolute atomic E-state index is 0.0357. The van der Waals surface area contributed by atoms with Gasteiger partial charge in [0.25, 0.3) is 0 Å². The van der Waals surface area contributed by atoms with Crippen molar-refractivity contribution in [1.82, 2.24) is 10.6 Å². The first-order chi connectivity index (χ1) is 5.72. The zero-order chi connectivity index (χ0) is 9.40. The van der Waals surface area contributed by atoms with Crippen molar-refractivity contribution >= 4 is 5.91 Å². The standard InChI is InChI=1S/C8H18N2O2/c1-7(9-2)8(11)10-5-4-6-12-3/h7,9H,4-6H2,1-3H3,(H,10,11). The molecule has 0 aliphatic rings. The van der Waals surface area contributed by atoms with Crippen LogP contribution in [-0.4, -0.2) is 39.3 Å². The summed E-state index contributed by atoms with van der Waals surface area (Å²) in [5, 5.41) is 5.65. The van der Waals surface area contributed by atoms with E-state index in [1.54, 1.807) is 14.2 Å². The van der Waals surface area contributed by atoms with Crippen molar-refractivity contribution in [3.8, 4) is 0 Å². The second kappa shape index (κ2) is 7.06. The Morgan fingerprint density at radius 1 is 1.58 bits per heavy atom. The van der Waals surface area contributed by atoms with E-state index in [9.17, 15) is 4.79 Å². The van der Waals surface area contributed by atoms with Crippen molar-refractivity contribution in [2.75, 3.05) is 27.3 Å². The maximum atomic E-state index is 11.1. The van der Waals surface area contributed by atoms with Gasteiger partial charge in [-0.1, -0.05) is 0 Å². The van der Waals surface area contributed by atoms with Crippen LogP contribution in [0.25, 0.3) is 0 Å². The molecular formula is C8H18N2O2. The highest BCUT2D eigenvalue weighted by Gasteiger charge is 2.07. The Kier molecular flexibility index (Phi) is 6.70. The molecule has 72 valence electrons. The van der Waals surface area contributed by atoms with E-state index in [0.717, 1.165) is 6.42 Å². The smallest absolute Gasteiger partial charge is 0.236 e. The van der Waals surface area contributed by atoms with Crippen LogP contribution in [0.15, 0.2) is 0 Å². The second-order valence-electron chi connectivity index (χ2n) is 2.65. The van der Waals surface area contributed by atoms with Gasteiger partial charge in [-0.05, 0) is 20.4 Å². The first-order valence-electron chi connectivity index (χ1n) is 4.16. The largest absolute Gasteiger partial charge is 0.385 e. The predicted molar refractivity (Wildman–Crippen MR) is 48.0 cm³/mol. The lowest BCUT2D eigenvalue weighted by molar-refractivity contribution is -0.122. The molecule has 1 amide bonds. The molecule has 0 aromatic carbocycles. The molecule has 12 heavy (non-hydrogen) atoms. The third-order valence-corrected chi connectivity index (χ3v) is 1.65. The maximum absolute atomic E-state index is 11.1. The Hall–Kier alpha value is -0.610. The molecular weight excluding hydrogens is 156 g/mol. The Morgan fingerprint density at radius 3 is 2.75 bits per heavy atom. The molecule has 1 atom stereocenters. The first-order valence-corrected chi connectivity index (χ1v) is 4.16. The van der Waals surface area contributed by atoms with Gasteiger partial charge in [0.1, 0.15) is 0 Å². The molecule has 0 aromatic rings. The molecule has 0 saturated heterocycles. The van der Waals surface area contributed by atoms with Gasteiger partial charge in [0.2, 0.25) is 5.91 Å². The molecule has 1 unspecified atom stereocenters. The molecule has 0 aromatic heterocycles. The lowest BCUT2D eigenvalue weighted by Crippen LogP contribution is -2.40. The fourth-order valence-corrected chi connectivity index (χ4v) is 0.712. The topological polar surface area (TPSA) is 50.4 Å². The number of ether oxygens (including phenoxy) is 1. The fourth-order valence-electron chi connectivity index (χ4n) is 0.712. The van der Waals surface area contributed by atoms with Crippen LogP contribution in [-0.2, 0) is 9.53 Å². The van der Waals surface area contributed by atoms with E-state index in [2.05, 4.69) is 10.6 Å². The molecule has 0 rings (SSSR count). The predicted octanol–water partition coefficient (Wildman–Crippen LogP) is -0.253. The van der Waals surface area contributed by atoms with Crippen molar-refractivity contribution < 1.29 is 9.53 Å². The average molecular weight is 174 g/mol. The summed E-state index contributed by atoms with van der Waals surface area (Å²) >= 11 is 0. The van der Waals surface area contributed by atoms with Gasteiger partial charge in [-0.25, -0.2) is 0 Å². The minimum Gasteiger partial charge on any atom is -0.385 e. The molecule has 4 heteroatoms. The van der Waals surface area contributed by atoms with Gasteiger partial charge in [0.15, 0.2) is 0 Å². The normalized spacial score (nSPS) is 12.6. The van der Waals surface area contributed by atoms with Crippen molar-refractivity contribution in [2.24, 2.45) is 0 Å². The Morgan fingerprint density at radius 2 is 2.25 bits per heavy atom. The van der Waals surface area contributed by atoms with Gasteiger partial charge in [-0.15, -0.1) is 0 Å². The van der Waals surface area contributed by atoms with Crippen LogP contribution in [0.5, 0.6) is 0 Å². The second-order valence-corrected chi connectivity index (χ2v) is 2.65. The molecule has 2 N–H and O–H groups in total. The number of rotatable bonds is 6. The Labute approximate surface area is 73.7 Å². The van der Waals surface area contributed by atoms with Crippen molar-refractivity contribution in [3.63, 3.8) is 0 Å². The Bertz CT molecular complexity index is 128. The quantitative estimate of drug-likeness (QED) is 0.546.